The SMILES string of the molecule is C#Cc1c(F)ccc2cc(OCOC)cc(-c3c(F)c4c5c(nc(OC[C@]6(C)CN(C)CC[C@@H]6C(F)F)nc5c3F)N3C[C@H]5CC[C@H](N5)[C@H]3CCC4)c12. The molecule has 3 aromatic carbocycles. The number of nitrogens with zero attached hydrogens (tertiary/aromatic N) is 4. The molecule has 0 aliphatic carbocycles. The van der Waals surface area contributed by atoms with E-state index in [2.05, 4.69) is 21.1 Å². The Bertz CT molecular complexity index is 2130. The van der Waals surface area contributed by atoms with Crippen molar-refractivity contribution in [3.05, 3.63) is 52.8 Å². The van der Waals surface area contributed by atoms with E-state index in [0.717, 1.165) is 19.3 Å². The molecule has 1 aromatic heterocycles. The lowest BCUT2D eigenvalue weighted by Gasteiger charge is -2.44. The van der Waals surface area contributed by atoms with E-state index in [4.69, 9.17) is 25.6 Å². The van der Waals surface area contributed by atoms with Gasteiger partial charge in [-0.25, -0.2) is 22.0 Å². The Morgan fingerprint density at radius 3 is 2.66 bits per heavy atom. The molecule has 0 radical (unpaired) electrons. The molecule has 3 fully saturated rings. The van der Waals surface area contributed by atoms with Gasteiger partial charge in [0.15, 0.2) is 12.6 Å². The largest absolute Gasteiger partial charge is 0.468 e. The summed E-state index contributed by atoms with van der Waals surface area (Å²) in [7, 11) is 3.32. The van der Waals surface area contributed by atoms with Gasteiger partial charge in [-0.3, -0.25) is 0 Å². The summed E-state index contributed by atoms with van der Waals surface area (Å²) < 4.78 is 95.9. The molecule has 4 aliphatic heterocycles. The normalized spacial score (nSPS) is 25.7. The van der Waals surface area contributed by atoms with Gasteiger partial charge in [-0.1, -0.05) is 18.9 Å². The van der Waals surface area contributed by atoms with E-state index >= 15 is 13.2 Å². The highest BCUT2D eigenvalue weighted by atomic mass is 19.3. The van der Waals surface area contributed by atoms with Crippen LogP contribution < -0.4 is 19.7 Å². The zero-order chi connectivity index (χ0) is 37.2. The monoisotopic (exact) mass is 735 g/mol. The number of anilines is 1. The molecule has 5 atom stereocenters. The van der Waals surface area contributed by atoms with Crippen LogP contribution in [0.2, 0.25) is 0 Å². The first-order valence-electron chi connectivity index (χ1n) is 18.2. The number of aromatic nitrogens is 2. The van der Waals surface area contributed by atoms with Crippen molar-refractivity contribution < 1.29 is 36.2 Å². The van der Waals surface area contributed by atoms with Crippen molar-refractivity contribution in [2.75, 3.05) is 52.1 Å². The highest BCUT2D eigenvalue weighted by Crippen LogP contribution is 2.47. The smallest absolute Gasteiger partial charge is 0.319 e. The van der Waals surface area contributed by atoms with Crippen molar-refractivity contribution >= 4 is 27.5 Å². The molecule has 0 amide bonds. The second-order valence-corrected chi connectivity index (χ2v) is 15.3. The minimum absolute atomic E-state index is 0.00508. The van der Waals surface area contributed by atoms with Crippen molar-refractivity contribution in [2.24, 2.45) is 11.3 Å². The van der Waals surface area contributed by atoms with Gasteiger partial charge in [0.25, 0.3) is 0 Å². The summed E-state index contributed by atoms with van der Waals surface area (Å²) in [5.74, 6) is -0.493. The minimum atomic E-state index is -2.55. The first-order chi connectivity index (χ1) is 25.5. The molecule has 4 aliphatic rings. The number of rotatable bonds is 8. The second kappa shape index (κ2) is 13.9. The maximum absolute atomic E-state index is 17.5. The van der Waals surface area contributed by atoms with E-state index in [1.54, 1.807) is 13.0 Å². The molecule has 53 heavy (non-hydrogen) atoms. The Labute approximate surface area is 305 Å². The highest BCUT2D eigenvalue weighted by molar-refractivity contribution is 6.05. The predicted molar refractivity (Wildman–Crippen MR) is 192 cm³/mol. The molecule has 8 rings (SSSR count). The van der Waals surface area contributed by atoms with Gasteiger partial charge < -0.3 is 29.3 Å². The number of aryl methyl sites for hydroxylation is 1. The van der Waals surface area contributed by atoms with Crippen LogP contribution in [0.1, 0.15) is 50.2 Å². The van der Waals surface area contributed by atoms with Crippen molar-refractivity contribution in [1.82, 2.24) is 20.2 Å². The number of hydrogen-bond acceptors (Lipinski definition) is 8. The zero-order valence-electron chi connectivity index (χ0n) is 30.0. The maximum Gasteiger partial charge on any atom is 0.319 e. The molecule has 2 bridgehead atoms. The minimum Gasteiger partial charge on any atom is -0.468 e. The fraction of sp³-hybridized carbons (Fsp3) is 0.500. The molecular formula is C40H42F5N5O3. The third-order valence-corrected chi connectivity index (χ3v) is 11.8. The summed E-state index contributed by atoms with van der Waals surface area (Å²) >= 11 is 0. The molecule has 0 unspecified atom stereocenters. The molecule has 0 saturated carbocycles. The van der Waals surface area contributed by atoms with E-state index in [-0.39, 0.29) is 82.7 Å². The van der Waals surface area contributed by atoms with E-state index < -0.39 is 40.8 Å². The van der Waals surface area contributed by atoms with Crippen LogP contribution in [-0.2, 0) is 11.2 Å². The van der Waals surface area contributed by atoms with E-state index in [1.807, 2.05) is 11.9 Å². The lowest BCUT2D eigenvalue weighted by Crippen LogP contribution is -2.58. The molecular weight excluding hydrogens is 693 g/mol. The van der Waals surface area contributed by atoms with Gasteiger partial charge in [0, 0.05) is 66.2 Å². The average molecular weight is 736 g/mol. The summed E-state index contributed by atoms with van der Waals surface area (Å²) in [5.41, 5.74) is -1.48. The summed E-state index contributed by atoms with van der Waals surface area (Å²) in [6.07, 6.45) is 7.09. The van der Waals surface area contributed by atoms with Crippen molar-refractivity contribution in [3.63, 3.8) is 0 Å². The standard InChI is InChI=1S/C40H42F5N5O3/c1-5-24-28(41)11-9-21-15-23(53-20-51-4)16-26(31(21)24)32-34(42)25-7-6-8-30-29-12-10-22(46-29)17-50(30)38-33(25)36(35(32)43)47-39(48-38)52-19-40(2)18-49(3)14-13-27(40)37(44)45/h1,9,11,15-16,22,27,29-30,37,46H,6-8,10,12-14,17-20H2,2-4H3/t22-,27-,29+,30-,40+/m1/s1. The Morgan fingerprint density at radius 1 is 1.06 bits per heavy atom. The van der Waals surface area contributed by atoms with Crippen LogP contribution in [0.4, 0.5) is 27.8 Å². The Hall–Kier alpha value is -4.25. The quantitative estimate of drug-likeness (QED) is 0.117. The molecule has 0 spiro atoms. The second-order valence-electron chi connectivity index (χ2n) is 15.3. The Morgan fingerprint density at radius 2 is 1.89 bits per heavy atom. The average Bonchev–Trinajstić information content (AvgIpc) is 3.52. The zero-order valence-corrected chi connectivity index (χ0v) is 30.0. The van der Waals surface area contributed by atoms with Gasteiger partial charge in [0.1, 0.15) is 28.7 Å². The van der Waals surface area contributed by atoms with E-state index in [0.29, 0.717) is 43.7 Å². The number of piperidine rings is 1. The number of fused-ring (bicyclic) bond motifs is 6. The topological polar surface area (TPSA) is 72.0 Å². The lowest BCUT2D eigenvalue weighted by molar-refractivity contribution is -0.0679. The number of alkyl halides is 2. The fourth-order valence-corrected chi connectivity index (χ4v) is 9.36. The van der Waals surface area contributed by atoms with Crippen LogP contribution in [0.15, 0.2) is 24.3 Å². The number of halogens is 5. The number of piperazine rings is 1. The third kappa shape index (κ3) is 6.12. The van der Waals surface area contributed by atoms with Crippen LogP contribution in [0.25, 0.3) is 32.8 Å². The van der Waals surface area contributed by atoms with Gasteiger partial charge in [-0.15, -0.1) is 6.42 Å². The van der Waals surface area contributed by atoms with Gasteiger partial charge in [-0.2, -0.15) is 9.97 Å². The van der Waals surface area contributed by atoms with Gasteiger partial charge in [0.2, 0.25) is 6.43 Å². The predicted octanol–water partition coefficient (Wildman–Crippen LogP) is 7.08. The van der Waals surface area contributed by atoms with Gasteiger partial charge in [-0.05, 0) is 75.7 Å². The number of terminal acetylenes is 1. The van der Waals surface area contributed by atoms with Gasteiger partial charge >= 0.3 is 6.01 Å². The first-order valence-corrected chi connectivity index (χ1v) is 18.2. The molecule has 8 nitrogen and oxygen atoms in total. The highest BCUT2D eigenvalue weighted by Gasteiger charge is 2.46. The number of ether oxygens (including phenoxy) is 3. The number of hydrogen-bond donors (Lipinski definition) is 1. The van der Waals surface area contributed by atoms with Crippen LogP contribution in [0, 0.1) is 41.1 Å². The number of likely N-dealkylation sites (tertiary alicyclic amines) is 1. The van der Waals surface area contributed by atoms with Crippen molar-refractivity contribution in [3.8, 4) is 35.2 Å². The van der Waals surface area contributed by atoms with Crippen LogP contribution in [0.3, 0.4) is 0 Å². The van der Waals surface area contributed by atoms with Gasteiger partial charge in [0.05, 0.1) is 23.1 Å². The summed E-state index contributed by atoms with van der Waals surface area (Å²) in [6.45, 7) is 2.96. The van der Waals surface area contributed by atoms with Crippen LogP contribution >= 0.6 is 0 Å². The number of methoxy groups -OCH3 is 1. The third-order valence-electron chi connectivity index (χ3n) is 11.8. The summed E-state index contributed by atoms with van der Waals surface area (Å²) in [6, 6.07) is 5.91. The molecule has 5 heterocycles. The number of benzene rings is 3. The molecule has 280 valence electrons. The van der Waals surface area contributed by atoms with Crippen molar-refractivity contribution in [2.45, 2.75) is 70.0 Å². The summed E-state index contributed by atoms with van der Waals surface area (Å²) in [4.78, 5) is 13.6. The Kier molecular flexibility index (Phi) is 9.36. The van der Waals surface area contributed by atoms with Crippen molar-refractivity contribution in [1.29, 1.82) is 0 Å². The van der Waals surface area contributed by atoms with E-state index in [1.165, 1.54) is 25.3 Å². The Balaban J connectivity index is 1.36. The molecule has 13 heteroatoms. The summed E-state index contributed by atoms with van der Waals surface area (Å²) in [5, 5.41) is 4.50. The molecule has 1 N–H and O–H groups in total. The van der Waals surface area contributed by atoms with Crippen LogP contribution in [-0.4, -0.2) is 86.6 Å². The fourth-order valence-electron chi connectivity index (χ4n) is 9.36. The first kappa shape index (κ1) is 35.8. The lowest BCUT2D eigenvalue weighted by atomic mass is 9.73. The van der Waals surface area contributed by atoms with E-state index in [9.17, 15) is 8.78 Å². The van der Waals surface area contributed by atoms with Crippen LogP contribution in [0.5, 0.6) is 11.8 Å². The molecule has 4 aromatic rings. The number of nitrogens with one attached hydrogen (secondary N) is 1. The maximum atomic E-state index is 17.5. The molecule has 3 saturated heterocycles.